The van der Waals surface area contributed by atoms with E-state index in [1.807, 2.05) is 20.8 Å². The third-order valence-electron chi connectivity index (χ3n) is 4.61. The van der Waals surface area contributed by atoms with Gasteiger partial charge >= 0.3 is 0 Å². The molecule has 3 rings (SSSR count). The van der Waals surface area contributed by atoms with Crippen LogP contribution in [0, 0.1) is 6.92 Å². The second-order valence-electron chi connectivity index (χ2n) is 6.83. The quantitative estimate of drug-likeness (QED) is 0.861. The maximum atomic E-state index is 12.8. The Balaban J connectivity index is 1.92. The highest BCUT2D eigenvalue weighted by molar-refractivity contribution is 7.17. The van der Waals surface area contributed by atoms with Crippen molar-refractivity contribution in [1.82, 2.24) is 15.3 Å². The Morgan fingerprint density at radius 2 is 1.92 bits per heavy atom. The molecule has 0 spiro atoms. The minimum absolute atomic E-state index is 0.150. The molecule has 0 unspecified atom stereocenters. The third kappa shape index (κ3) is 3.49. The average Bonchev–Trinajstić information content (AvgIpc) is 2.98. The zero-order chi connectivity index (χ0) is 18.8. The average molecular weight is 372 g/mol. The van der Waals surface area contributed by atoms with Gasteiger partial charge in [0.1, 0.15) is 10.8 Å². The molecule has 0 saturated heterocycles. The number of hydrogen-bond donors (Lipinski definition) is 2. The summed E-state index contributed by atoms with van der Waals surface area (Å²) in [5.41, 5.74) is 2.77. The summed E-state index contributed by atoms with van der Waals surface area (Å²) in [4.78, 5) is 35.1. The summed E-state index contributed by atoms with van der Waals surface area (Å²) < 4.78 is 0. The van der Waals surface area contributed by atoms with Crippen LogP contribution in [0.5, 0.6) is 0 Å². The Morgan fingerprint density at radius 1 is 1.19 bits per heavy atom. The second-order valence-corrected chi connectivity index (χ2v) is 7.94. The number of carbonyl (C=O) groups is 2. The van der Waals surface area contributed by atoms with E-state index in [0.29, 0.717) is 21.8 Å². The van der Waals surface area contributed by atoms with Crippen molar-refractivity contribution in [3.8, 4) is 0 Å². The SMILES string of the molecule is CNC(=O)c1c(NC(=O)c2cnc(C(C)C)nc2C)sc2c1CCCC2. The third-order valence-corrected chi connectivity index (χ3v) is 5.82. The van der Waals surface area contributed by atoms with Crippen molar-refractivity contribution < 1.29 is 9.59 Å². The first-order chi connectivity index (χ1) is 12.4. The molecule has 0 aromatic carbocycles. The Hall–Kier alpha value is -2.28. The van der Waals surface area contributed by atoms with Crippen LogP contribution in [0.3, 0.4) is 0 Å². The van der Waals surface area contributed by atoms with Crippen molar-refractivity contribution in [2.24, 2.45) is 0 Å². The lowest BCUT2D eigenvalue weighted by Crippen LogP contribution is -2.22. The minimum Gasteiger partial charge on any atom is -0.355 e. The fourth-order valence-electron chi connectivity index (χ4n) is 3.18. The van der Waals surface area contributed by atoms with Gasteiger partial charge in [0.25, 0.3) is 11.8 Å². The van der Waals surface area contributed by atoms with Crippen molar-refractivity contribution >= 4 is 28.2 Å². The number of hydrogen-bond acceptors (Lipinski definition) is 5. The number of aryl methyl sites for hydroxylation is 2. The van der Waals surface area contributed by atoms with E-state index in [9.17, 15) is 9.59 Å². The number of thiophene rings is 1. The van der Waals surface area contributed by atoms with Crippen LogP contribution in [-0.4, -0.2) is 28.8 Å². The molecule has 0 radical (unpaired) electrons. The van der Waals surface area contributed by atoms with Gasteiger partial charge in [0.2, 0.25) is 0 Å². The van der Waals surface area contributed by atoms with Gasteiger partial charge < -0.3 is 10.6 Å². The minimum atomic E-state index is -0.276. The molecule has 2 aromatic rings. The summed E-state index contributed by atoms with van der Waals surface area (Å²) >= 11 is 1.51. The predicted molar refractivity (Wildman–Crippen MR) is 103 cm³/mol. The number of carbonyl (C=O) groups excluding carboxylic acids is 2. The summed E-state index contributed by atoms with van der Waals surface area (Å²) in [6.07, 6.45) is 5.61. The van der Waals surface area contributed by atoms with Crippen molar-refractivity contribution in [3.05, 3.63) is 39.3 Å². The molecule has 1 aliphatic rings. The number of nitrogens with one attached hydrogen (secondary N) is 2. The number of anilines is 1. The Morgan fingerprint density at radius 3 is 2.58 bits per heavy atom. The van der Waals surface area contributed by atoms with E-state index in [0.717, 1.165) is 37.1 Å². The highest BCUT2D eigenvalue weighted by atomic mass is 32.1. The van der Waals surface area contributed by atoms with E-state index in [-0.39, 0.29) is 17.7 Å². The lowest BCUT2D eigenvalue weighted by molar-refractivity contribution is 0.0963. The number of rotatable bonds is 4. The number of fused-ring (bicyclic) bond motifs is 1. The largest absolute Gasteiger partial charge is 0.355 e. The van der Waals surface area contributed by atoms with Gasteiger partial charge in [0, 0.05) is 24.0 Å². The van der Waals surface area contributed by atoms with Crippen LogP contribution in [0.1, 0.15) is 75.3 Å². The fourth-order valence-corrected chi connectivity index (χ4v) is 4.46. The molecule has 0 saturated carbocycles. The van der Waals surface area contributed by atoms with Crippen molar-refractivity contribution in [3.63, 3.8) is 0 Å². The number of amides is 2. The van der Waals surface area contributed by atoms with Crippen LogP contribution < -0.4 is 10.6 Å². The lowest BCUT2D eigenvalue weighted by atomic mass is 9.95. The highest BCUT2D eigenvalue weighted by Crippen LogP contribution is 2.38. The van der Waals surface area contributed by atoms with Crippen LogP contribution in [0.2, 0.25) is 0 Å². The van der Waals surface area contributed by atoms with Crippen LogP contribution >= 0.6 is 11.3 Å². The summed E-state index contributed by atoms with van der Waals surface area (Å²) in [5, 5.41) is 6.24. The molecule has 2 amide bonds. The zero-order valence-electron chi connectivity index (χ0n) is 15.6. The molecule has 0 fully saturated rings. The normalized spacial score (nSPS) is 13.4. The van der Waals surface area contributed by atoms with E-state index in [4.69, 9.17) is 0 Å². The van der Waals surface area contributed by atoms with Crippen molar-refractivity contribution in [2.75, 3.05) is 12.4 Å². The van der Waals surface area contributed by atoms with E-state index in [1.165, 1.54) is 16.2 Å². The molecule has 0 aliphatic heterocycles. The maximum absolute atomic E-state index is 12.8. The van der Waals surface area contributed by atoms with Gasteiger partial charge in [-0.1, -0.05) is 13.8 Å². The molecule has 2 heterocycles. The number of aromatic nitrogens is 2. The first kappa shape index (κ1) is 18.5. The molecule has 6 nitrogen and oxygen atoms in total. The van der Waals surface area contributed by atoms with Gasteiger partial charge in [-0.25, -0.2) is 9.97 Å². The molecule has 2 aromatic heterocycles. The molecule has 1 aliphatic carbocycles. The smallest absolute Gasteiger partial charge is 0.259 e. The Labute approximate surface area is 157 Å². The molecule has 0 bridgehead atoms. The van der Waals surface area contributed by atoms with Crippen LogP contribution in [-0.2, 0) is 12.8 Å². The van der Waals surface area contributed by atoms with E-state index >= 15 is 0 Å². The van der Waals surface area contributed by atoms with Crippen LogP contribution in [0.25, 0.3) is 0 Å². The summed E-state index contributed by atoms with van der Waals surface area (Å²) in [6, 6.07) is 0. The molecular weight excluding hydrogens is 348 g/mol. The van der Waals surface area contributed by atoms with Gasteiger partial charge in [0.05, 0.1) is 16.8 Å². The monoisotopic (exact) mass is 372 g/mol. The summed E-state index contributed by atoms with van der Waals surface area (Å²) in [6.45, 7) is 5.84. The van der Waals surface area contributed by atoms with Crippen LogP contribution in [0.15, 0.2) is 6.20 Å². The molecular formula is C19H24N4O2S. The molecule has 7 heteroatoms. The molecule has 138 valence electrons. The lowest BCUT2D eigenvalue weighted by Gasteiger charge is -2.12. The maximum Gasteiger partial charge on any atom is 0.259 e. The Kier molecular flexibility index (Phi) is 5.36. The van der Waals surface area contributed by atoms with Crippen molar-refractivity contribution in [1.29, 1.82) is 0 Å². The fraction of sp³-hybridized carbons (Fsp3) is 0.474. The first-order valence-corrected chi connectivity index (χ1v) is 9.75. The van der Waals surface area contributed by atoms with Crippen LogP contribution in [0.4, 0.5) is 5.00 Å². The number of nitrogens with zero attached hydrogens (tertiary/aromatic N) is 2. The van der Waals surface area contributed by atoms with Crippen molar-refractivity contribution in [2.45, 2.75) is 52.4 Å². The predicted octanol–water partition coefficient (Wildman–Crippen LogP) is 3.46. The van der Waals surface area contributed by atoms with Gasteiger partial charge in [-0.3, -0.25) is 9.59 Å². The van der Waals surface area contributed by atoms with E-state index in [1.54, 1.807) is 13.2 Å². The van der Waals surface area contributed by atoms with E-state index in [2.05, 4.69) is 20.6 Å². The molecule has 26 heavy (non-hydrogen) atoms. The highest BCUT2D eigenvalue weighted by Gasteiger charge is 2.26. The zero-order valence-corrected chi connectivity index (χ0v) is 16.4. The standard InChI is InChI=1S/C19H24N4O2S/c1-10(2)16-21-9-13(11(3)22-16)17(24)23-19-15(18(25)20-4)12-7-5-6-8-14(12)26-19/h9-10H,5-8H2,1-4H3,(H,20,25)(H,23,24). The molecule has 0 atom stereocenters. The van der Waals surface area contributed by atoms with E-state index < -0.39 is 0 Å². The Bertz CT molecular complexity index is 857. The van der Waals surface area contributed by atoms with Gasteiger partial charge in [-0.2, -0.15) is 0 Å². The van der Waals surface area contributed by atoms with Gasteiger partial charge in [-0.15, -0.1) is 11.3 Å². The first-order valence-electron chi connectivity index (χ1n) is 8.93. The van der Waals surface area contributed by atoms with Gasteiger partial charge in [-0.05, 0) is 38.2 Å². The van der Waals surface area contributed by atoms with Gasteiger partial charge in [0.15, 0.2) is 0 Å². The summed E-state index contributed by atoms with van der Waals surface area (Å²) in [5.74, 6) is 0.496. The summed E-state index contributed by atoms with van der Waals surface area (Å²) in [7, 11) is 1.61. The topological polar surface area (TPSA) is 84.0 Å². The molecule has 2 N–H and O–H groups in total. The second kappa shape index (κ2) is 7.53.